The number of halogens is 1. The lowest BCUT2D eigenvalue weighted by Gasteiger charge is -2.45. The number of amides is 3. The topological polar surface area (TPSA) is 79.8 Å². The molecule has 9 heteroatoms. The predicted molar refractivity (Wildman–Crippen MR) is 138 cm³/mol. The van der Waals surface area contributed by atoms with Crippen LogP contribution in [0.1, 0.15) is 62.9 Å². The number of thiazole rings is 1. The van der Waals surface area contributed by atoms with Gasteiger partial charge in [0.2, 0.25) is 0 Å². The Labute approximate surface area is 218 Å². The van der Waals surface area contributed by atoms with E-state index in [4.69, 9.17) is 4.74 Å². The van der Waals surface area contributed by atoms with Crippen LogP contribution in [-0.2, 0) is 4.74 Å². The first-order chi connectivity index (χ1) is 17.7. The number of carbonyl (C=O) groups is 3. The second kappa shape index (κ2) is 9.79. The number of imide groups is 1. The number of ether oxygens (including phenoxy) is 1. The molecule has 0 bridgehead atoms. The Morgan fingerprint density at radius 3 is 2.41 bits per heavy atom. The van der Waals surface area contributed by atoms with Crippen LogP contribution in [0.25, 0.3) is 10.4 Å². The summed E-state index contributed by atoms with van der Waals surface area (Å²) in [5.74, 6) is -1.34. The zero-order valence-corrected chi connectivity index (χ0v) is 21.8. The van der Waals surface area contributed by atoms with Crippen molar-refractivity contribution in [1.29, 1.82) is 0 Å². The van der Waals surface area contributed by atoms with Crippen LogP contribution in [0.2, 0.25) is 0 Å². The molecule has 3 aromatic rings. The normalized spacial score (nSPS) is 21.5. The summed E-state index contributed by atoms with van der Waals surface area (Å²) >= 11 is 1.37. The Morgan fingerprint density at radius 2 is 1.78 bits per heavy atom. The summed E-state index contributed by atoms with van der Waals surface area (Å²) in [4.78, 5) is 48.4. The van der Waals surface area contributed by atoms with Gasteiger partial charge in [-0.2, -0.15) is 0 Å². The number of nitrogens with zero attached hydrogens (tertiary/aromatic N) is 3. The van der Waals surface area contributed by atoms with Gasteiger partial charge in [-0.05, 0) is 63.4 Å². The third-order valence-corrected chi connectivity index (χ3v) is 8.04. The monoisotopic (exact) mass is 521 g/mol. The number of carbonyl (C=O) groups excluding carboxylic acids is 3. The summed E-state index contributed by atoms with van der Waals surface area (Å²) in [5, 5.41) is 0.712. The van der Waals surface area contributed by atoms with E-state index < -0.39 is 11.6 Å². The maximum absolute atomic E-state index is 14.1. The van der Waals surface area contributed by atoms with E-state index in [1.807, 2.05) is 20.8 Å². The molecule has 2 aliphatic rings. The molecule has 7 nitrogen and oxygen atoms in total. The van der Waals surface area contributed by atoms with E-state index >= 15 is 0 Å². The lowest BCUT2D eigenvalue weighted by atomic mass is 9.89. The van der Waals surface area contributed by atoms with E-state index in [-0.39, 0.29) is 35.8 Å². The fourth-order valence-corrected chi connectivity index (χ4v) is 6.13. The van der Waals surface area contributed by atoms with Gasteiger partial charge < -0.3 is 9.64 Å². The Hall–Kier alpha value is -3.43. The highest BCUT2D eigenvalue weighted by Gasteiger charge is 2.44. The van der Waals surface area contributed by atoms with E-state index in [9.17, 15) is 18.8 Å². The number of fused-ring (bicyclic) bond motifs is 1. The van der Waals surface area contributed by atoms with E-state index in [1.54, 1.807) is 41.3 Å². The highest BCUT2D eigenvalue weighted by molar-refractivity contribution is 7.15. The fourth-order valence-electron chi connectivity index (χ4n) is 5.21. The van der Waals surface area contributed by atoms with Crippen LogP contribution in [0.4, 0.5) is 4.39 Å². The van der Waals surface area contributed by atoms with Gasteiger partial charge in [-0.1, -0.05) is 24.3 Å². The van der Waals surface area contributed by atoms with Crippen LogP contribution in [0.3, 0.4) is 0 Å². The number of aromatic nitrogens is 1. The van der Waals surface area contributed by atoms with Gasteiger partial charge in [0.25, 0.3) is 17.7 Å². The van der Waals surface area contributed by atoms with Crippen molar-refractivity contribution in [3.05, 3.63) is 76.2 Å². The molecule has 192 valence electrons. The molecular formula is C28H28FN3O4S. The highest BCUT2D eigenvalue weighted by atomic mass is 32.1. The van der Waals surface area contributed by atoms with Gasteiger partial charge >= 0.3 is 0 Å². The lowest BCUT2D eigenvalue weighted by molar-refractivity contribution is -0.0800. The van der Waals surface area contributed by atoms with Crippen molar-refractivity contribution in [2.45, 2.75) is 45.3 Å². The molecule has 3 amide bonds. The van der Waals surface area contributed by atoms with Crippen molar-refractivity contribution in [1.82, 2.24) is 14.8 Å². The number of likely N-dealkylation sites (tertiary alicyclic amines) is 1. The molecule has 0 radical (unpaired) electrons. The first kappa shape index (κ1) is 25.2. The standard InChI is InChI=1S/C28H28FN3O4S/c1-4-36-28(3)14-13-20(15-31-25(33)21-7-5-6-8-22(21)26(31)34)32(16-28)27(35)23-24(37-17(2)30-23)18-9-11-19(29)12-10-18/h5-12,20H,4,13-16H2,1-3H3. The molecule has 0 saturated carbocycles. The van der Waals surface area contributed by atoms with Crippen LogP contribution in [0.15, 0.2) is 48.5 Å². The number of rotatable bonds is 6. The number of hydrogen-bond acceptors (Lipinski definition) is 6. The third-order valence-electron chi connectivity index (χ3n) is 7.02. The van der Waals surface area contributed by atoms with Gasteiger partial charge in [0, 0.05) is 13.2 Å². The van der Waals surface area contributed by atoms with E-state index in [2.05, 4.69) is 4.98 Å². The van der Waals surface area contributed by atoms with Crippen LogP contribution < -0.4 is 0 Å². The molecule has 2 unspecified atom stereocenters. The maximum atomic E-state index is 14.1. The molecule has 0 spiro atoms. The van der Waals surface area contributed by atoms with Gasteiger partial charge in [-0.25, -0.2) is 9.37 Å². The van der Waals surface area contributed by atoms with Crippen molar-refractivity contribution in [2.24, 2.45) is 0 Å². The Balaban J connectivity index is 1.48. The molecular weight excluding hydrogens is 493 g/mol. The van der Waals surface area contributed by atoms with Crippen LogP contribution >= 0.6 is 11.3 Å². The van der Waals surface area contributed by atoms with E-state index in [1.165, 1.54) is 28.4 Å². The van der Waals surface area contributed by atoms with Crippen LogP contribution in [-0.4, -0.2) is 63.8 Å². The minimum atomic E-state index is -0.565. The summed E-state index contributed by atoms with van der Waals surface area (Å²) in [6, 6.07) is 12.4. The summed E-state index contributed by atoms with van der Waals surface area (Å²) in [6.07, 6.45) is 1.24. The summed E-state index contributed by atoms with van der Waals surface area (Å²) in [6.45, 7) is 6.60. The van der Waals surface area contributed by atoms with Crippen molar-refractivity contribution in [2.75, 3.05) is 19.7 Å². The second-order valence-electron chi connectivity index (χ2n) is 9.69. The van der Waals surface area contributed by atoms with E-state index in [0.717, 1.165) is 0 Å². The van der Waals surface area contributed by atoms with Crippen LogP contribution in [0.5, 0.6) is 0 Å². The molecule has 3 heterocycles. The average Bonchev–Trinajstić information content (AvgIpc) is 3.38. The van der Waals surface area contributed by atoms with Gasteiger partial charge in [0.05, 0.1) is 39.2 Å². The quantitative estimate of drug-likeness (QED) is 0.429. The second-order valence-corrected chi connectivity index (χ2v) is 10.9. The Morgan fingerprint density at radius 1 is 1.14 bits per heavy atom. The number of benzene rings is 2. The molecule has 0 aliphatic carbocycles. The summed E-state index contributed by atoms with van der Waals surface area (Å²) in [5.41, 5.74) is 1.19. The third kappa shape index (κ3) is 4.69. The molecule has 5 rings (SSSR count). The molecule has 37 heavy (non-hydrogen) atoms. The van der Waals surface area contributed by atoms with Crippen molar-refractivity contribution < 1.29 is 23.5 Å². The summed E-state index contributed by atoms with van der Waals surface area (Å²) in [7, 11) is 0. The highest BCUT2D eigenvalue weighted by Crippen LogP contribution is 2.35. The Kier molecular flexibility index (Phi) is 6.68. The zero-order valence-electron chi connectivity index (χ0n) is 21.0. The van der Waals surface area contributed by atoms with Crippen molar-refractivity contribution >= 4 is 29.1 Å². The van der Waals surface area contributed by atoms with Gasteiger partial charge in [0.15, 0.2) is 0 Å². The molecule has 2 atom stereocenters. The van der Waals surface area contributed by atoms with Gasteiger partial charge in [-0.3, -0.25) is 19.3 Å². The van der Waals surface area contributed by atoms with Crippen LogP contribution in [0, 0.1) is 12.7 Å². The molecule has 1 aromatic heterocycles. The van der Waals surface area contributed by atoms with Gasteiger partial charge in [-0.15, -0.1) is 11.3 Å². The molecule has 0 N–H and O–H groups in total. The maximum Gasteiger partial charge on any atom is 0.274 e. The first-order valence-electron chi connectivity index (χ1n) is 12.3. The number of aryl methyl sites for hydroxylation is 1. The number of piperidine rings is 1. The molecule has 2 aromatic carbocycles. The minimum absolute atomic E-state index is 0.0926. The zero-order chi connectivity index (χ0) is 26.3. The molecule has 1 fully saturated rings. The first-order valence-corrected chi connectivity index (χ1v) is 13.2. The molecule has 1 saturated heterocycles. The SMILES string of the molecule is CCOC1(C)CCC(CN2C(=O)c3ccccc3C2=O)N(C(=O)c2nc(C)sc2-c2ccc(F)cc2)C1. The number of hydrogen-bond donors (Lipinski definition) is 0. The lowest BCUT2D eigenvalue weighted by Crippen LogP contribution is -2.58. The molecule has 2 aliphatic heterocycles. The largest absolute Gasteiger partial charge is 0.374 e. The van der Waals surface area contributed by atoms with Gasteiger partial charge in [0.1, 0.15) is 11.5 Å². The van der Waals surface area contributed by atoms with Crippen molar-refractivity contribution in [3.63, 3.8) is 0 Å². The fraction of sp³-hybridized carbons (Fsp3) is 0.357. The predicted octanol–water partition coefficient (Wildman–Crippen LogP) is 4.95. The average molecular weight is 522 g/mol. The Bertz CT molecular complexity index is 1340. The minimum Gasteiger partial charge on any atom is -0.374 e. The smallest absolute Gasteiger partial charge is 0.274 e. The van der Waals surface area contributed by atoms with E-state index in [0.29, 0.717) is 52.6 Å². The van der Waals surface area contributed by atoms with Crippen molar-refractivity contribution in [3.8, 4) is 10.4 Å². The summed E-state index contributed by atoms with van der Waals surface area (Å²) < 4.78 is 19.6.